The van der Waals surface area contributed by atoms with Crippen LogP contribution in [0.15, 0.2) is 63.3 Å². The predicted molar refractivity (Wildman–Crippen MR) is 117 cm³/mol. The maximum Gasteiger partial charge on any atom is 0.191 e. The molecule has 0 heterocycles. The molecule has 2 N–H and O–H groups in total. The number of benzene rings is 2. The molecule has 0 unspecified atom stereocenters. The summed E-state index contributed by atoms with van der Waals surface area (Å²) in [5.74, 6) is 0.754. The summed E-state index contributed by atoms with van der Waals surface area (Å²) in [5, 5.41) is 6.75. The van der Waals surface area contributed by atoms with Crippen LogP contribution in [-0.2, 0) is 16.4 Å². The molecule has 0 saturated heterocycles. The number of guanidine groups is 1. The maximum absolute atomic E-state index is 11.7. The van der Waals surface area contributed by atoms with Gasteiger partial charge in [-0.25, -0.2) is 8.42 Å². The minimum absolute atomic E-state index is 0.243. The van der Waals surface area contributed by atoms with Gasteiger partial charge in [0.05, 0.1) is 4.90 Å². The molecule has 3 rings (SSSR count). The summed E-state index contributed by atoms with van der Waals surface area (Å²) < 4.78 is 23.7. The van der Waals surface area contributed by atoms with Gasteiger partial charge in [-0.15, -0.1) is 11.8 Å². The van der Waals surface area contributed by atoms with E-state index >= 15 is 0 Å². The molecule has 150 valence electrons. The Bertz CT molecular complexity index is 953. The number of hydrogen-bond donors (Lipinski definition) is 2. The van der Waals surface area contributed by atoms with Crippen LogP contribution in [0.1, 0.15) is 24.0 Å². The van der Waals surface area contributed by atoms with Gasteiger partial charge in [0, 0.05) is 36.0 Å². The van der Waals surface area contributed by atoms with Crippen molar-refractivity contribution in [1.82, 2.24) is 10.6 Å². The number of thioether (sulfide) groups is 1. The summed E-state index contributed by atoms with van der Waals surface area (Å²) in [6, 6.07) is 15.9. The van der Waals surface area contributed by atoms with E-state index in [2.05, 4.69) is 39.9 Å². The molecule has 0 aromatic heterocycles. The summed E-state index contributed by atoms with van der Waals surface area (Å²) in [7, 11) is -1.43. The first-order chi connectivity index (χ1) is 13.3. The summed E-state index contributed by atoms with van der Waals surface area (Å²) in [6.07, 6.45) is 3.63. The fourth-order valence-electron chi connectivity index (χ4n) is 3.08. The molecule has 0 bridgehead atoms. The molecule has 1 saturated carbocycles. The minimum atomic E-state index is -3.19. The topological polar surface area (TPSA) is 70.6 Å². The lowest BCUT2D eigenvalue weighted by Crippen LogP contribution is -2.40. The lowest BCUT2D eigenvalue weighted by atomic mass is 10.1. The highest BCUT2D eigenvalue weighted by atomic mass is 32.2. The van der Waals surface area contributed by atoms with Crippen molar-refractivity contribution >= 4 is 27.6 Å². The van der Waals surface area contributed by atoms with Crippen LogP contribution in [0.25, 0.3) is 0 Å². The monoisotopic (exact) mass is 417 g/mol. The third kappa shape index (κ3) is 5.52. The molecular formula is C21H27N3O2S2. The first-order valence-corrected chi connectivity index (χ1v) is 12.0. The Kier molecular flexibility index (Phi) is 6.35. The highest BCUT2D eigenvalue weighted by Crippen LogP contribution is 2.51. The van der Waals surface area contributed by atoms with Crippen LogP contribution in [0.2, 0.25) is 0 Å². The van der Waals surface area contributed by atoms with E-state index in [1.165, 1.54) is 24.0 Å². The molecule has 0 aliphatic heterocycles. The molecule has 2 aromatic rings. The van der Waals surface area contributed by atoms with E-state index < -0.39 is 9.84 Å². The Morgan fingerprint density at radius 3 is 2.43 bits per heavy atom. The van der Waals surface area contributed by atoms with Gasteiger partial charge >= 0.3 is 0 Å². The summed E-state index contributed by atoms with van der Waals surface area (Å²) >= 11 is 1.93. The molecule has 28 heavy (non-hydrogen) atoms. The van der Waals surface area contributed by atoms with Crippen LogP contribution < -0.4 is 10.6 Å². The number of sulfone groups is 1. The van der Waals surface area contributed by atoms with E-state index in [4.69, 9.17) is 0 Å². The number of rotatable bonds is 7. The number of nitrogens with one attached hydrogen (secondary N) is 2. The molecule has 0 spiro atoms. The van der Waals surface area contributed by atoms with E-state index in [9.17, 15) is 8.42 Å². The largest absolute Gasteiger partial charge is 0.355 e. The molecule has 2 aromatic carbocycles. The molecule has 1 aliphatic carbocycles. The van der Waals surface area contributed by atoms with E-state index in [1.807, 2.05) is 36.9 Å². The minimum Gasteiger partial charge on any atom is -0.355 e. The Balaban J connectivity index is 1.53. The van der Waals surface area contributed by atoms with Crippen LogP contribution in [-0.4, -0.2) is 39.0 Å². The van der Waals surface area contributed by atoms with Gasteiger partial charge in [-0.05, 0) is 49.1 Å². The molecule has 0 radical (unpaired) electrons. The van der Waals surface area contributed by atoms with Crippen molar-refractivity contribution in [3.8, 4) is 0 Å². The van der Waals surface area contributed by atoms with Crippen molar-refractivity contribution in [2.24, 2.45) is 4.99 Å². The van der Waals surface area contributed by atoms with E-state index in [0.29, 0.717) is 11.4 Å². The van der Waals surface area contributed by atoms with Crippen molar-refractivity contribution in [1.29, 1.82) is 0 Å². The standard InChI is InChI=1S/C21H27N3O2S2/c1-16-13-17(9-10-19(16)28(3,25)26)14-23-20(22-2)24-15-21(11-12-21)27-18-7-5-4-6-8-18/h4-10,13H,11-12,14-15H2,1-3H3,(H2,22,23,24). The van der Waals surface area contributed by atoms with Gasteiger partial charge in [0.2, 0.25) is 0 Å². The number of aliphatic imine (C=N–C) groups is 1. The average molecular weight is 418 g/mol. The van der Waals surface area contributed by atoms with E-state index in [0.717, 1.165) is 23.6 Å². The highest BCUT2D eigenvalue weighted by Gasteiger charge is 2.43. The molecule has 5 nitrogen and oxygen atoms in total. The van der Waals surface area contributed by atoms with Crippen molar-refractivity contribution in [3.63, 3.8) is 0 Å². The first kappa shape index (κ1) is 20.7. The third-order valence-corrected chi connectivity index (χ3v) is 7.54. The van der Waals surface area contributed by atoms with Gasteiger partial charge in [-0.3, -0.25) is 4.99 Å². The van der Waals surface area contributed by atoms with Gasteiger partial charge in [-0.1, -0.05) is 30.3 Å². The van der Waals surface area contributed by atoms with Gasteiger partial charge < -0.3 is 10.6 Å². The van der Waals surface area contributed by atoms with Crippen molar-refractivity contribution in [3.05, 3.63) is 59.7 Å². The second-order valence-corrected chi connectivity index (χ2v) is 10.8. The van der Waals surface area contributed by atoms with Crippen LogP contribution in [0.4, 0.5) is 0 Å². The molecule has 1 fully saturated rings. The number of hydrogen-bond acceptors (Lipinski definition) is 4. The fourth-order valence-corrected chi connectivity index (χ4v) is 5.28. The lowest BCUT2D eigenvalue weighted by molar-refractivity contribution is 0.601. The molecule has 7 heteroatoms. The SMILES string of the molecule is CN=C(NCc1ccc(S(C)(=O)=O)c(C)c1)NCC1(Sc2ccccc2)CC1. The van der Waals surface area contributed by atoms with Crippen LogP contribution in [0.5, 0.6) is 0 Å². The van der Waals surface area contributed by atoms with Crippen molar-refractivity contribution < 1.29 is 8.42 Å². The van der Waals surface area contributed by atoms with Gasteiger partial charge in [0.1, 0.15) is 0 Å². The van der Waals surface area contributed by atoms with Crippen LogP contribution >= 0.6 is 11.8 Å². The second-order valence-electron chi connectivity index (χ2n) is 7.25. The fraction of sp³-hybridized carbons (Fsp3) is 0.381. The highest BCUT2D eigenvalue weighted by molar-refractivity contribution is 8.01. The summed E-state index contributed by atoms with van der Waals surface area (Å²) in [5.41, 5.74) is 1.79. The number of nitrogens with zero attached hydrogens (tertiary/aromatic N) is 1. The predicted octanol–water partition coefficient (Wildman–Crippen LogP) is 3.39. The quantitative estimate of drug-likeness (QED) is 0.534. The molecule has 0 atom stereocenters. The lowest BCUT2D eigenvalue weighted by Gasteiger charge is -2.18. The third-order valence-electron chi connectivity index (χ3n) is 4.79. The first-order valence-electron chi connectivity index (χ1n) is 9.29. The Morgan fingerprint density at radius 2 is 1.86 bits per heavy atom. The molecule has 0 amide bonds. The smallest absolute Gasteiger partial charge is 0.191 e. The molecular weight excluding hydrogens is 390 g/mol. The number of aryl methyl sites for hydroxylation is 1. The van der Waals surface area contributed by atoms with Gasteiger partial charge in [0.15, 0.2) is 15.8 Å². The summed E-state index contributed by atoms with van der Waals surface area (Å²) in [6.45, 7) is 3.27. The second kappa shape index (κ2) is 8.57. The zero-order chi connectivity index (χ0) is 20.2. The van der Waals surface area contributed by atoms with E-state index in [-0.39, 0.29) is 4.75 Å². The normalized spacial score (nSPS) is 15.9. The Hall–Kier alpha value is -1.99. The Morgan fingerprint density at radius 1 is 1.14 bits per heavy atom. The van der Waals surface area contributed by atoms with Gasteiger partial charge in [0.25, 0.3) is 0 Å². The van der Waals surface area contributed by atoms with E-state index in [1.54, 1.807) is 13.1 Å². The van der Waals surface area contributed by atoms with Crippen molar-refractivity contribution in [2.45, 2.75) is 40.8 Å². The zero-order valence-corrected chi connectivity index (χ0v) is 18.2. The molecule has 1 aliphatic rings. The van der Waals surface area contributed by atoms with Gasteiger partial charge in [-0.2, -0.15) is 0 Å². The Labute approximate surface area is 172 Å². The van der Waals surface area contributed by atoms with Crippen molar-refractivity contribution in [2.75, 3.05) is 19.8 Å². The van der Waals surface area contributed by atoms with Crippen LogP contribution in [0, 0.1) is 6.92 Å². The zero-order valence-electron chi connectivity index (χ0n) is 16.5. The summed E-state index contributed by atoms with van der Waals surface area (Å²) in [4.78, 5) is 5.99. The van der Waals surface area contributed by atoms with Crippen LogP contribution in [0.3, 0.4) is 0 Å². The average Bonchev–Trinajstić information content (AvgIpc) is 3.41. The maximum atomic E-state index is 11.7.